The Kier molecular flexibility index (Phi) is 6.74. The molecule has 2 amide bonds. The van der Waals surface area contributed by atoms with Crippen LogP contribution in [-0.4, -0.2) is 29.6 Å². The maximum atomic E-state index is 12.2. The van der Waals surface area contributed by atoms with Crippen molar-refractivity contribution in [3.63, 3.8) is 0 Å². The molecule has 0 aromatic heterocycles. The van der Waals surface area contributed by atoms with Gasteiger partial charge in [-0.15, -0.1) is 0 Å². The van der Waals surface area contributed by atoms with E-state index >= 15 is 0 Å². The number of carbonyl (C=O) groups is 2. The van der Waals surface area contributed by atoms with Gasteiger partial charge in [0.1, 0.15) is 0 Å². The van der Waals surface area contributed by atoms with E-state index in [4.69, 9.17) is 5.11 Å². The number of fused-ring (bicyclic) bond motifs is 1. The molecule has 6 nitrogen and oxygen atoms in total. The molecule has 0 spiro atoms. The second-order valence-corrected chi connectivity index (χ2v) is 6.42. The summed E-state index contributed by atoms with van der Waals surface area (Å²) in [6.07, 6.45) is -0.167. The van der Waals surface area contributed by atoms with Crippen molar-refractivity contribution in [1.82, 2.24) is 5.32 Å². The molecule has 0 saturated carbocycles. The number of aliphatic hydroxyl groups is 1. The van der Waals surface area contributed by atoms with Crippen molar-refractivity contribution in [3.8, 4) is 0 Å². The van der Waals surface area contributed by atoms with Crippen LogP contribution in [0.3, 0.4) is 0 Å². The molecule has 0 fully saturated rings. The van der Waals surface area contributed by atoms with Crippen molar-refractivity contribution in [3.05, 3.63) is 59.2 Å². The van der Waals surface area contributed by atoms with Gasteiger partial charge in [0.25, 0.3) is 5.91 Å². The summed E-state index contributed by atoms with van der Waals surface area (Å²) in [7, 11) is 0. The number of aliphatic hydroxyl groups excluding tert-OH is 1. The molecular weight excluding hydrogens is 330 g/mol. The Morgan fingerprint density at radius 2 is 1.81 bits per heavy atom. The van der Waals surface area contributed by atoms with Crippen molar-refractivity contribution in [2.75, 3.05) is 17.2 Å². The number of anilines is 2. The Balaban J connectivity index is 0.000000552. The van der Waals surface area contributed by atoms with Crippen LogP contribution in [0.1, 0.15) is 35.3 Å². The van der Waals surface area contributed by atoms with Crippen LogP contribution in [0, 0.1) is 6.92 Å². The Labute approximate surface area is 153 Å². The SMILES string of the molecule is CC(C)O.Cc1ccc(CNC(=O)c2ccc3c(c2)NC(=O)CN3)cc1. The highest BCUT2D eigenvalue weighted by atomic mass is 16.3. The lowest BCUT2D eigenvalue weighted by Crippen LogP contribution is -2.28. The molecule has 0 atom stereocenters. The summed E-state index contributed by atoms with van der Waals surface area (Å²) < 4.78 is 0. The zero-order valence-corrected chi connectivity index (χ0v) is 15.3. The topological polar surface area (TPSA) is 90.5 Å². The first-order valence-corrected chi connectivity index (χ1v) is 8.54. The fourth-order valence-electron chi connectivity index (χ4n) is 2.30. The number of benzene rings is 2. The van der Waals surface area contributed by atoms with Crippen LogP contribution in [0.15, 0.2) is 42.5 Å². The second kappa shape index (κ2) is 9.01. The lowest BCUT2D eigenvalue weighted by Gasteiger charge is -2.19. The molecule has 2 aromatic carbocycles. The molecule has 0 radical (unpaired) electrons. The summed E-state index contributed by atoms with van der Waals surface area (Å²) in [6, 6.07) is 13.2. The van der Waals surface area contributed by atoms with Crippen molar-refractivity contribution >= 4 is 23.2 Å². The van der Waals surface area contributed by atoms with Crippen LogP contribution in [0.25, 0.3) is 0 Å². The van der Waals surface area contributed by atoms with Crippen LogP contribution in [-0.2, 0) is 11.3 Å². The highest BCUT2D eigenvalue weighted by molar-refractivity contribution is 6.03. The van der Waals surface area contributed by atoms with Gasteiger partial charge in [-0.3, -0.25) is 9.59 Å². The highest BCUT2D eigenvalue weighted by Gasteiger charge is 2.16. The highest BCUT2D eigenvalue weighted by Crippen LogP contribution is 2.25. The fraction of sp³-hybridized carbons (Fsp3) is 0.300. The maximum Gasteiger partial charge on any atom is 0.251 e. The van der Waals surface area contributed by atoms with Crippen LogP contribution < -0.4 is 16.0 Å². The van der Waals surface area contributed by atoms with Crippen LogP contribution >= 0.6 is 0 Å². The van der Waals surface area contributed by atoms with Crippen molar-refractivity contribution < 1.29 is 14.7 Å². The molecular formula is C20H25N3O3. The van der Waals surface area contributed by atoms with E-state index in [-0.39, 0.29) is 24.5 Å². The normalized spacial score (nSPS) is 12.3. The van der Waals surface area contributed by atoms with E-state index in [0.717, 1.165) is 11.3 Å². The molecule has 0 aliphatic carbocycles. The van der Waals surface area contributed by atoms with Gasteiger partial charge in [0, 0.05) is 18.2 Å². The second-order valence-electron chi connectivity index (χ2n) is 6.42. The minimum atomic E-state index is -0.167. The first-order valence-electron chi connectivity index (χ1n) is 8.54. The molecule has 26 heavy (non-hydrogen) atoms. The first kappa shape index (κ1) is 19.5. The lowest BCUT2D eigenvalue weighted by molar-refractivity contribution is -0.114. The van der Waals surface area contributed by atoms with Gasteiger partial charge in [-0.2, -0.15) is 0 Å². The van der Waals surface area contributed by atoms with Gasteiger partial charge >= 0.3 is 0 Å². The summed E-state index contributed by atoms with van der Waals surface area (Å²) >= 11 is 0. The largest absolute Gasteiger partial charge is 0.394 e. The molecule has 4 N–H and O–H groups in total. The zero-order valence-electron chi connectivity index (χ0n) is 15.3. The zero-order chi connectivity index (χ0) is 19.1. The third-order valence-electron chi connectivity index (χ3n) is 3.57. The van der Waals surface area contributed by atoms with Crippen LogP contribution in [0.5, 0.6) is 0 Å². The monoisotopic (exact) mass is 355 g/mol. The van der Waals surface area contributed by atoms with E-state index in [1.165, 1.54) is 5.56 Å². The number of rotatable bonds is 3. The first-order chi connectivity index (χ1) is 12.3. The molecule has 1 aliphatic rings. The summed E-state index contributed by atoms with van der Waals surface area (Å²) in [6.45, 7) is 6.20. The Bertz CT molecular complexity index is 768. The average molecular weight is 355 g/mol. The number of carbonyl (C=O) groups excluding carboxylic acids is 2. The molecule has 3 rings (SSSR count). The van der Waals surface area contributed by atoms with Crippen molar-refractivity contribution in [1.29, 1.82) is 0 Å². The van der Waals surface area contributed by atoms with E-state index < -0.39 is 0 Å². The molecule has 6 heteroatoms. The van der Waals surface area contributed by atoms with Gasteiger partial charge in [-0.05, 0) is 44.5 Å². The van der Waals surface area contributed by atoms with E-state index in [2.05, 4.69) is 16.0 Å². The predicted octanol–water partition coefficient (Wildman–Crippen LogP) is 2.68. The van der Waals surface area contributed by atoms with Gasteiger partial charge in [-0.25, -0.2) is 0 Å². The third-order valence-corrected chi connectivity index (χ3v) is 3.57. The predicted molar refractivity (Wildman–Crippen MR) is 103 cm³/mol. The minimum Gasteiger partial charge on any atom is -0.394 e. The molecule has 2 aromatic rings. The number of amides is 2. The lowest BCUT2D eigenvalue weighted by atomic mass is 10.1. The van der Waals surface area contributed by atoms with E-state index in [9.17, 15) is 9.59 Å². The minimum absolute atomic E-state index is 0.107. The third kappa shape index (κ3) is 5.89. The Hall–Kier alpha value is -2.86. The Morgan fingerprint density at radius 3 is 2.46 bits per heavy atom. The quantitative estimate of drug-likeness (QED) is 0.681. The smallest absolute Gasteiger partial charge is 0.251 e. The number of hydrogen-bond acceptors (Lipinski definition) is 4. The molecule has 1 aliphatic heterocycles. The van der Waals surface area contributed by atoms with Crippen molar-refractivity contribution in [2.24, 2.45) is 0 Å². The van der Waals surface area contributed by atoms with E-state index in [0.29, 0.717) is 17.8 Å². The summed E-state index contributed by atoms with van der Waals surface area (Å²) in [5.41, 5.74) is 4.23. The molecule has 0 bridgehead atoms. The summed E-state index contributed by atoms with van der Waals surface area (Å²) in [5.74, 6) is -0.270. The molecule has 0 unspecified atom stereocenters. The van der Waals surface area contributed by atoms with Gasteiger partial charge < -0.3 is 21.1 Å². The summed E-state index contributed by atoms with van der Waals surface area (Å²) in [4.78, 5) is 23.6. The fourth-order valence-corrected chi connectivity index (χ4v) is 2.30. The van der Waals surface area contributed by atoms with E-state index in [1.54, 1.807) is 32.0 Å². The average Bonchev–Trinajstić information content (AvgIpc) is 2.60. The number of hydrogen-bond donors (Lipinski definition) is 4. The van der Waals surface area contributed by atoms with Gasteiger partial charge in [0.15, 0.2) is 0 Å². The molecule has 0 saturated heterocycles. The molecule has 138 valence electrons. The van der Waals surface area contributed by atoms with Crippen LogP contribution in [0.2, 0.25) is 0 Å². The van der Waals surface area contributed by atoms with Gasteiger partial charge in [0.2, 0.25) is 5.91 Å². The standard InChI is InChI=1S/C17H17N3O2.C3H8O/c1-11-2-4-12(5-3-11)9-19-17(22)13-6-7-14-15(8-13)20-16(21)10-18-14;1-3(2)4/h2-8,18H,9-10H2,1H3,(H,19,22)(H,20,21);3-4H,1-2H3. The van der Waals surface area contributed by atoms with E-state index in [1.807, 2.05) is 31.2 Å². The molecule has 1 heterocycles. The van der Waals surface area contributed by atoms with Crippen molar-refractivity contribution in [2.45, 2.75) is 33.4 Å². The summed E-state index contributed by atoms with van der Waals surface area (Å²) in [5, 5.41) is 16.7. The Morgan fingerprint density at radius 1 is 1.15 bits per heavy atom. The maximum absolute atomic E-state index is 12.2. The van der Waals surface area contributed by atoms with Gasteiger partial charge in [0.05, 0.1) is 17.9 Å². The van der Waals surface area contributed by atoms with Crippen LogP contribution in [0.4, 0.5) is 11.4 Å². The number of aryl methyl sites for hydroxylation is 1. The number of nitrogens with one attached hydrogen (secondary N) is 3. The van der Waals surface area contributed by atoms with Gasteiger partial charge in [-0.1, -0.05) is 29.8 Å².